The number of hydrogen-bond acceptors (Lipinski definition) is 4. The van der Waals surface area contributed by atoms with Gasteiger partial charge in [-0.05, 0) is 30.5 Å². The predicted octanol–water partition coefficient (Wildman–Crippen LogP) is 0.154. The first kappa shape index (κ1) is 14.0. The van der Waals surface area contributed by atoms with Gasteiger partial charge in [-0.1, -0.05) is 18.6 Å². The first-order valence-electron chi connectivity index (χ1n) is 6.29. The molecule has 0 aromatic heterocycles. The van der Waals surface area contributed by atoms with Crippen molar-refractivity contribution >= 4 is 16.0 Å². The minimum Gasteiger partial charge on any atom is -0.550 e. The number of sulfonamides is 1. The van der Waals surface area contributed by atoms with Crippen LogP contribution in [0.1, 0.15) is 24.8 Å². The van der Waals surface area contributed by atoms with Gasteiger partial charge in [-0.2, -0.15) is 4.31 Å². The molecule has 0 aliphatic carbocycles. The Bertz CT molecular complexity index is 545. The number of nitrogens with zero attached hydrogens (tertiary/aromatic N) is 1. The van der Waals surface area contributed by atoms with Crippen molar-refractivity contribution < 1.29 is 18.3 Å². The Hall–Kier alpha value is -1.40. The molecule has 1 aromatic rings. The van der Waals surface area contributed by atoms with Crippen LogP contribution < -0.4 is 5.11 Å². The van der Waals surface area contributed by atoms with Gasteiger partial charge in [0.2, 0.25) is 10.0 Å². The summed E-state index contributed by atoms with van der Waals surface area (Å²) < 4.78 is 26.1. The minimum atomic E-state index is -3.44. The van der Waals surface area contributed by atoms with E-state index in [-0.39, 0.29) is 11.3 Å². The summed E-state index contributed by atoms with van der Waals surface area (Å²) >= 11 is 0. The van der Waals surface area contributed by atoms with Crippen molar-refractivity contribution in [3.8, 4) is 0 Å². The first-order chi connectivity index (χ1) is 9.00. The molecule has 1 fully saturated rings. The van der Waals surface area contributed by atoms with Crippen LogP contribution in [0.5, 0.6) is 0 Å². The van der Waals surface area contributed by atoms with Crippen LogP contribution in [0, 0.1) is 0 Å². The molecule has 1 saturated heterocycles. The maximum absolute atomic E-state index is 12.3. The number of carboxylic acids is 1. The summed E-state index contributed by atoms with van der Waals surface area (Å²) in [5.74, 6) is -1.17. The Morgan fingerprint density at radius 2 is 1.68 bits per heavy atom. The van der Waals surface area contributed by atoms with Crippen molar-refractivity contribution in [3.63, 3.8) is 0 Å². The Morgan fingerprint density at radius 3 is 2.21 bits per heavy atom. The van der Waals surface area contributed by atoms with Gasteiger partial charge in [-0.25, -0.2) is 8.42 Å². The molecular weight excluding hydrogens is 266 g/mol. The summed E-state index contributed by atoms with van der Waals surface area (Å²) in [7, 11) is -3.44. The van der Waals surface area contributed by atoms with Crippen LogP contribution in [-0.2, 0) is 21.2 Å². The fraction of sp³-hybridized carbons (Fsp3) is 0.462. The SMILES string of the molecule is O=C([O-])Cc1ccc(S(=O)(=O)N2CCCCC2)cc1. The van der Waals surface area contributed by atoms with E-state index in [0.29, 0.717) is 18.7 Å². The minimum absolute atomic E-state index is 0.204. The van der Waals surface area contributed by atoms with Gasteiger partial charge < -0.3 is 9.90 Å². The molecule has 0 radical (unpaired) electrons. The van der Waals surface area contributed by atoms with Gasteiger partial charge in [0.15, 0.2) is 0 Å². The van der Waals surface area contributed by atoms with Gasteiger partial charge in [0.1, 0.15) is 0 Å². The topological polar surface area (TPSA) is 77.5 Å². The van der Waals surface area contributed by atoms with Crippen LogP contribution >= 0.6 is 0 Å². The first-order valence-corrected chi connectivity index (χ1v) is 7.73. The Labute approximate surface area is 112 Å². The van der Waals surface area contributed by atoms with E-state index in [0.717, 1.165) is 19.3 Å². The van der Waals surface area contributed by atoms with Crippen LogP contribution in [0.25, 0.3) is 0 Å². The van der Waals surface area contributed by atoms with Crippen molar-refractivity contribution in [2.45, 2.75) is 30.6 Å². The number of piperidine rings is 1. The van der Waals surface area contributed by atoms with E-state index >= 15 is 0 Å². The summed E-state index contributed by atoms with van der Waals surface area (Å²) in [6.07, 6.45) is 2.64. The molecule has 0 amide bonds. The van der Waals surface area contributed by atoms with E-state index in [1.54, 1.807) is 0 Å². The van der Waals surface area contributed by atoms with Gasteiger partial charge in [0, 0.05) is 25.5 Å². The smallest absolute Gasteiger partial charge is 0.243 e. The molecule has 0 unspecified atom stereocenters. The molecule has 0 saturated carbocycles. The van der Waals surface area contributed by atoms with Crippen molar-refractivity contribution in [2.75, 3.05) is 13.1 Å². The molecule has 5 nitrogen and oxygen atoms in total. The van der Waals surface area contributed by atoms with Crippen LogP contribution in [-0.4, -0.2) is 31.8 Å². The average Bonchev–Trinajstić information content (AvgIpc) is 2.40. The highest BCUT2D eigenvalue weighted by atomic mass is 32.2. The highest BCUT2D eigenvalue weighted by molar-refractivity contribution is 7.89. The molecule has 6 heteroatoms. The second-order valence-corrected chi connectivity index (χ2v) is 6.60. The van der Waals surface area contributed by atoms with Crippen molar-refractivity contribution in [1.82, 2.24) is 4.31 Å². The Morgan fingerprint density at radius 1 is 1.11 bits per heavy atom. The fourth-order valence-electron chi connectivity index (χ4n) is 2.20. The number of rotatable bonds is 4. The second kappa shape index (κ2) is 5.71. The molecule has 0 atom stereocenters. The van der Waals surface area contributed by atoms with E-state index < -0.39 is 16.0 Å². The number of carboxylic acid groups (broad SMARTS) is 1. The molecule has 0 N–H and O–H groups in total. The summed E-state index contributed by atoms with van der Waals surface area (Å²) in [4.78, 5) is 10.7. The van der Waals surface area contributed by atoms with Gasteiger partial charge in [0.25, 0.3) is 0 Å². The highest BCUT2D eigenvalue weighted by Gasteiger charge is 2.25. The molecular formula is C13H16NO4S-. The average molecular weight is 282 g/mol. The second-order valence-electron chi connectivity index (χ2n) is 4.66. The van der Waals surface area contributed by atoms with Crippen molar-refractivity contribution in [2.24, 2.45) is 0 Å². The standard InChI is InChI=1S/C13H17NO4S/c15-13(16)10-11-4-6-12(7-5-11)19(17,18)14-8-2-1-3-9-14/h4-7H,1-3,8-10H2,(H,15,16)/p-1. The molecule has 1 aliphatic rings. The lowest BCUT2D eigenvalue weighted by atomic mass is 10.2. The Balaban J connectivity index is 2.18. The summed E-state index contributed by atoms with van der Waals surface area (Å²) in [5.41, 5.74) is 0.539. The van der Waals surface area contributed by atoms with E-state index in [9.17, 15) is 18.3 Å². The molecule has 1 heterocycles. The third kappa shape index (κ3) is 3.33. The normalized spacial score (nSPS) is 17.3. The van der Waals surface area contributed by atoms with Gasteiger partial charge in [0.05, 0.1) is 4.90 Å². The van der Waals surface area contributed by atoms with Crippen molar-refractivity contribution in [3.05, 3.63) is 29.8 Å². The molecule has 104 valence electrons. The summed E-state index contributed by atoms with van der Waals surface area (Å²) in [6, 6.07) is 5.96. The maximum atomic E-state index is 12.3. The van der Waals surface area contributed by atoms with Gasteiger partial charge in [-0.3, -0.25) is 0 Å². The molecule has 1 aliphatic heterocycles. The van der Waals surface area contributed by atoms with Gasteiger partial charge >= 0.3 is 0 Å². The number of hydrogen-bond donors (Lipinski definition) is 0. The van der Waals surface area contributed by atoms with Gasteiger partial charge in [-0.15, -0.1) is 0 Å². The number of carbonyl (C=O) groups is 1. The third-order valence-electron chi connectivity index (χ3n) is 3.22. The lowest BCUT2D eigenvalue weighted by Crippen LogP contribution is -2.35. The number of aliphatic carboxylic acids is 1. The number of carbonyl (C=O) groups excluding carboxylic acids is 1. The molecule has 0 spiro atoms. The monoisotopic (exact) mass is 282 g/mol. The van der Waals surface area contributed by atoms with E-state index in [1.165, 1.54) is 28.6 Å². The zero-order valence-corrected chi connectivity index (χ0v) is 11.4. The largest absolute Gasteiger partial charge is 0.550 e. The molecule has 2 rings (SSSR count). The molecule has 1 aromatic carbocycles. The van der Waals surface area contributed by atoms with E-state index in [4.69, 9.17) is 0 Å². The lowest BCUT2D eigenvalue weighted by Gasteiger charge is -2.25. The maximum Gasteiger partial charge on any atom is 0.243 e. The molecule has 0 bridgehead atoms. The number of benzene rings is 1. The highest BCUT2D eigenvalue weighted by Crippen LogP contribution is 2.20. The van der Waals surface area contributed by atoms with Crippen molar-refractivity contribution in [1.29, 1.82) is 0 Å². The summed E-state index contributed by atoms with van der Waals surface area (Å²) in [5, 5.41) is 10.5. The lowest BCUT2D eigenvalue weighted by molar-refractivity contribution is -0.304. The Kier molecular flexibility index (Phi) is 4.21. The van der Waals surface area contributed by atoms with Crippen LogP contribution in [0.15, 0.2) is 29.2 Å². The molecule has 19 heavy (non-hydrogen) atoms. The predicted molar refractivity (Wildman–Crippen MR) is 67.8 cm³/mol. The third-order valence-corrected chi connectivity index (χ3v) is 5.14. The van der Waals surface area contributed by atoms with Crippen LogP contribution in [0.3, 0.4) is 0 Å². The van der Waals surface area contributed by atoms with Crippen LogP contribution in [0.4, 0.5) is 0 Å². The quantitative estimate of drug-likeness (QED) is 0.788. The van der Waals surface area contributed by atoms with Crippen LogP contribution in [0.2, 0.25) is 0 Å². The van der Waals surface area contributed by atoms with E-state index in [2.05, 4.69) is 0 Å². The zero-order chi connectivity index (χ0) is 13.9. The zero-order valence-electron chi connectivity index (χ0n) is 10.5. The summed E-state index contributed by atoms with van der Waals surface area (Å²) in [6.45, 7) is 1.12. The van der Waals surface area contributed by atoms with E-state index in [1.807, 2.05) is 0 Å². The fourth-order valence-corrected chi connectivity index (χ4v) is 3.72.